The predicted molar refractivity (Wildman–Crippen MR) is 98.3 cm³/mol. The zero-order valence-electron chi connectivity index (χ0n) is 14.2. The Bertz CT molecular complexity index is 1110. The van der Waals surface area contributed by atoms with Gasteiger partial charge in [0.1, 0.15) is 5.82 Å². The van der Waals surface area contributed by atoms with Gasteiger partial charge in [0.05, 0.1) is 11.3 Å². The third kappa shape index (κ3) is 2.80. The van der Waals surface area contributed by atoms with E-state index >= 15 is 0 Å². The second-order valence-electron chi connectivity index (χ2n) is 6.01. The largest absolute Gasteiger partial charge is 0.362 e. The van der Waals surface area contributed by atoms with Crippen LogP contribution in [0.15, 0.2) is 35.5 Å². The summed E-state index contributed by atoms with van der Waals surface area (Å²) in [6.45, 7) is 5.72. The molecule has 0 unspecified atom stereocenters. The summed E-state index contributed by atoms with van der Waals surface area (Å²) in [7, 11) is 0. The summed E-state index contributed by atoms with van der Waals surface area (Å²) in [5, 5.41) is 6.07. The quantitative estimate of drug-likeness (QED) is 0.346. The number of fused-ring (bicyclic) bond motifs is 3. The van der Waals surface area contributed by atoms with E-state index in [9.17, 15) is 4.79 Å². The molecule has 0 saturated heterocycles. The van der Waals surface area contributed by atoms with Crippen LogP contribution in [0.1, 0.15) is 27.6 Å². The van der Waals surface area contributed by atoms with Crippen LogP contribution < -0.4 is 0 Å². The van der Waals surface area contributed by atoms with E-state index in [1.54, 1.807) is 4.52 Å². The highest BCUT2D eigenvalue weighted by Crippen LogP contribution is 2.24. The second-order valence-corrected chi connectivity index (χ2v) is 6.95. The van der Waals surface area contributed by atoms with E-state index in [1.165, 1.54) is 11.8 Å². The number of H-pyrrole nitrogens is 1. The van der Waals surface area contributed by atoms with Gasteiger partial charge in [0.15, 0.2) is 16.6 Å². The van der Waals surface area contributed by atoms with Crippen molar-refractivity contribution in [2.24, 2.45) is 0 Å². The molecule has 0 spiro atoms. The second kappa shape index (κ2) is 6.00. The molecule has 0 radical (unpaired) electrons. The van der Waals surface area contributed by atoms with Gasteiger partial charge < -0.3 is 4.98 Å². The van der Waals surface area contributed by atoms with Crippen LogP contribution in [-0.4, -0.2) is 36.1 Å². The van der Waals surface area contributed by atoms with Gasteiger partial charge in [0.25, 0.3) is 0 Å². The van der Waals surface area contributed by atoms with Crippen molar-refractivity contribution in [3.05, 3.63) is 53.1 Å². The number of hydrogen-bond acceptors (Lipinski definition) is 5. The molecule has 3 aromatic heterocycles. The third-order valence-electron chi connectivity index (χ3n) is 4.04. The maximum Gasteiger partial charge on any atom is 0.192 e. The molecule has 0 aliphatic carbocycles. The molecule has 4 aromatic rings. The molecule has 0 fully saturated rings. The van der Waals surface area contributed by atoms with Crippen molar-refractivity contribution in [1.82, 2.24) is 24.6 Å². The first kappa shape index (κ1) is 15.8. The van der Waals surface area contributed by atoms with E-state index < -0.39 is 0 Å². The number of aryl methyl sites for hydroxylation is 3. The average molecular weight is 351 g/mol. The number of nitrogens with zero attached hydrogens (tertiary/aromatic N) is 4. The zero-order chi connectivity index (χ0) is 17.6. The summed E-state index contributed by atoms with van der Waals surface area (Å²) < 4.78 is 1.73. The van der Waals surface area contributed by atoms with Crippen molar-refractivity contribution in [2.45, 2.75) is 25.9 Å². The van der Waals surface area contributed by atoms with E-state index in [1.807, 2.05) is 51.1 Å². The lowest BCUT2D eigenvalue weighted by Crippen LogP contribution is -2.05. The van der Waals surface area contributed by atoms with Gasteiger partial charge in [-0.15, -0.1) is 5.10 Å². The number of benzene rings is 1. The Morgan fingerprint density at radius 3 is 2.76 bits per heavy atom. The fraction of sp³-hybridized carbons (Fsp3) is 0.222. The fourth-order valence-corrected chi connectivity index (χ4v) is 3.78. The zero-order valence-corrected chi connectivity index (χ0v) is 15.0. The molecular formula is C18H17N5OS. The number of rotatable bonds is 4. The maximum absolute atomic E-state index is 12.5. The van der Waals surface area contributed by atoms with Gasteiger partial charge in [-0.25, -0.2) is 9.97 Å². The smallest absolute Gasteiger partial charge is 0.192 e. The molecule has 1 N–H and O–H groups in total. The first-order chi connectivity index (χ1) is 12.0. The van der Waals surface area contributed by atoms with Crippen LogP contribution in [0.2, 0.25) is 0 Å². The van der Waals surface area contributed by atoms with Gasteiger partial charge in [0, 0.05) is 22.3 Å². The van der Waals surface area contributed by atoms with Crippen LogP contribution >= 0.6 is 11.8 Å². The lowest BCUT2D eigenvalue weighted by atomic mass is 10.2. The average Bonchev–Trinajstić information content (AvgIpc) is 3.14. The Labute approximate surface area is 148 Å². The van der Waals surface area contributed by atoms with Gasteiger partial charge in [0.2, 0.25) is 0 Å². The van der Waals surface area contributed by atoms with Crippen molar-refractivity contribution in [3.63, 3.8) is 0 Å². The number of carbonyl (C=O) groups is 1. The standard InChI is InChI=1S/C18H17N5OS/c1-10-8-14(11(2)19-10)16(24)9-25-18-21-15-7-5-4-6-13(15)17-20-12(3)22-23(17)18/h4-8,19H,9H2,1-3H3. The Hall–Kier alpha value is -2.67. The third-order valence-corrected chi connectivity index (χ3v) is 4.97. The summed E-state index contributed by atoms with van der Waals surface area (Å²) in [5.41, 5.74) is 4.25. The van der Waals surface area contributed by atoms with Gasteiger partial charge >= 0.3 is 0 Å². The molecule has 126 valence electrons. The van der Waals surface area contributed by atoms with Crippen LogP contribution in [0.4, 0.5) is 0 Å². The Kier molecular flexibility index (Phi) is 3.80. The molecule has 0 aliphatic rings. The molecule has 3 heterocycles. The topological polar surface area (TPSA) is 75.9 Å². The number of Topliss-reactive ketones (excluding diaryl/α,β-unsaturated/α-hetero) is 1. The Morgan fingerprint density at radius 2 is 2.00 bits per heavy atom. The highest BCUT2D eigenvalue weighted by molar-refractivity contribution is 7.99. The SMILES string of the molecule is Cc1nc2c3ccccc3nc(SCC(=O)c3cc(C)[nH]c3C)n2n1. The summed E-state index contributed by atoms with van der Waals surface area (Å²) in [4.78, 5) is 24.9. The Morgan fingerprint density at radius 1 is 1.20 bits per heavy atom. The van der Waals surface area contributed by atoms with Crippen molar-refractivity contribution in [1.29, 1.82) is 0 Å². The molecule has 25 heavy (non-hydrogen) atoms. The number of carbonyl (C=O) groups excluding carboxylic acids is 1. The molecule has 0 aliphatic heterocycles. The highest BCUT2D eigenvalue weighted by Gasteiger charge is 2.16. The summed E-state index contributed by atoms with van der Waals surface area (Å²) in [6.07, 6.45) is 0. The van der Waals surface area contributed by atoms with E-state index in [2.05, 4.69) is 20.1 Å². The number of para-hydroxylation sites is 1. The molecule has 0 amide bonds. The van der Waals surface area contributed by atoms with Crippen molar-refractivity contribution >= 4 is 34.1 Å². The van der Waals surface area contributed by atoms with Crippen LogP contribution in [0.25, 0.3) is 16.6 Å². The van der Waals surface area contributed by atoms with Gasteiger partial charge in [-0.05, 0) is 39.0 Å². The number of aromatic nitrogens is 5. The maximum atomic E-state index is 12.5. The van der Waals surface area contributed by atoms with Crippen LogP contribution in [0, 0.1) is 20.8 Å². The summed E-state index contributed by atoms with van der Waals surface area (Å²) in [6, 6.07) is 9.73. The molecule has 4 rings (SSSR count). The minimum atomic E-state index is 0.0757. The van der Waals surface area contributed by atoms with Crippen LogP contribution in [0.5, 0.6) is 0 Å². The first-order valence-corrected chi connectivity index (χ1v) is 8.96. The lowest BCUT2D eigenvalue weighted by molar-refractivity contribution is 0.102. The summed E-state index contributed by atoms with van der Waals surface area (Å²) >= 11 is 1.38. The van der Waals surface area contributed by atoms with E-state index in [4.69, 9.17) is 0 Å². The molecule has 1 aromatic carbocycles. The lowest BCUT2D eigenvalue weighted by Gasteiger charge is -2.06. The number of nitrogens with one attached hydrogen (secondary N) is 1. The van der Waals surface area contributed by atoms with Crippen LogP contribution in [-0.2, 0) is 0 Å². The minimum absolute atomic E-state index is 0.0757. The summed E-state index contributed by atoms with van der Waals surface area (Å²) in [5.74, 6) is 1.06. The van der Waals surface area contributed by atoms with E-state index in [0.717, 1.165) is 33.5 Å². The van der Waals surface area contributed by atoms with Crippen molar-refractivity contribution < 1.29 is 4.79 Å². The van der Waals surface area contributed by atoms with Gasteiger partial charge in [-0.1, -0.05) is 23.9 Å². The first-order valence-electron chi connectivity index (χ1n) is 7.97. The van der Waals surface area contributed by atoms with Crippen LogP contribution in [0.3, 0.4) is 0 Å². The van der Waals surface area contributed by atoms with Crippen molar-refractivity contribution in [2.75, 3.05) is 5.75 Å². The monoisotopic (exact) mass is 351 g/mol. The number of ketones is 1. The van der Waals surface area contributed by atoms with E-state index in [0.29, 0.717) is 16.7 Å². The number of aromatic amines is 1. The minimum Gasteiger partial charge on any atom is -0.362 e. The molecule has 6 nitrogen and oxygen atoms in total. The predicted octanol–water partition coefficient (Wildman–Crippen LogP) is 3.51. The van der Waals surface area contributed by atoms with Gasteiger partial charge in [-0.2, -0.15) is 4.52 Å². The highest BCUT2D eigenvalue weighted by atomic mass is 32.2. The normalized spacial score (nSPS) is 11.5. The molecule has 7 heteroatoms. The number of hydrogen-bond donors (Lipinski definition) is 1. The Balaban J connectivity index is 1.71. The van der Waals surface area contributed by atoms with E-state index in [-0.39, 0.29) is 5.78 Å². The molecule has 0 bridgehead atoms. The fourth-order valence-electron chi connectivity index (χ4n) is 2.95. The number of thioether (sulfide) groups is 1. The molecule has 0 atom stereocenters. The van der Waals surface area contributed by atoms with Crippen molar-refractivity contribution in [3.8, 4) is 0 Å². The molecule has 0 saturated carbocycles. The molecular weight excluding hydrogens is 334 g/mol. The van der Waals surface area contributed by atoms with Gasteiger partial charge in [-0.3, -0.25) is 4.79 Å².